The number of hydrogen-bond donors (Lipinski definition) is 1. The molecule has 1 N–H and O–H groups in total. The van der Waals surface area contributed by atoms with Crippen molar-refractivity contribution < 1.29 is 0 Å². The van der Waals surface area contributed by atoms with Gasteiger partial charge < -0.3 is 15.1 Å². The third-order valence-electron chi connectivity index (χ3n) is 3.54. The molecule has 17 heavy (non-hydrogen) atoms. The van der Waals surface area contributed by atoms with Gasteiger partial charge in [0.25, 0.3) is 0 Å². The van der Waals surface area contributed by atoms with E-state index in [9.17, 15) is 0 Å². The Labute approximate surface area is 108 Å². The van der Waals surface area contributed by atoms with Crippen LogP contribution in [0.15, 0.2) is 0 Å². The van der Waals surface area contributed by atoms with Crippen molar-refractivity contribution in [1.82, 2.24) is 15.1 Å². The van der Waals surface area contributed by atoms with Crippen molar-refractivity contribution >= 4 is 0 Å². The van der Waals surface area contributed by atoms with Crippen molar-refractivity contribution in [1.29, 1.82) is 0 Å². The molecule has 3 heteroatoms. The largest absolute Gasteiger partial charge is 0.316 e. The Morgan fingerprint density at radius 3 is 2.65 bits per heavy atom. The summed E-state index contributed by atoms with van der Waals surface area (Å²) in [6.45, 7) is 13.2. The highest BCUT2D eigenvalue weighted by atomic mass is 15.2. The van der Waals surface area contributed by atoms with E-state index in [1.807, 2.05) is 0 Å². The van der Waals surface area contributed by atoms with Gasteiger partial charge in [-0.25, -0.2) is 0 Å². The first-order valence-corrected chi connectivity index (χ1v) is 7.34. The fourth-order valence-corrected chi connectivity index (χ4v) is 2.53. The Hall–Kier alpha value is -0.120. The van der Waals surface area contributed by atoms with Crippen molar-refractivity contribution in [3.63, 3.8) is 0 Å². The molecular formula is C14H31N3. The SMILES string of the molecule is CCCNCC(C)CN(C)CCN1CCCC1. The second-order valence-corrected chi connectivity index (χ2v) is 5.62. The van der Waals surface area contributed by atoms with Crippen LogP contribution in [0.2, 0.25) is 0 Å². The summed E-state index contributed by atoms with van der Waals surface area (Å²) in [6, 6.07) is 0. The van der Waals surface area contributed by atoms with Gasteiger partial charge >= 0.3 is 0 Å². The topological polar surface area (TPSA) is 18.5 Å². The van der Waals surface area contributed by atoms with Crippen LogP contribution in [0.1, 0.15) is 33.1 Å². The molecule has 1 unspecified atom stereocenters. The van der Waals surface area contributed by atoms with Gasteiger partial charge in [0, 0.05) is 19.6 Å². The molecule has 0 bridgehead atoms. The average molecular weight is 241 g/mol. The first kappa shape index (κ1) is 14.9. The summed E-state index contributed by atoms with van der Waals surface area (Å²) in [5.41, 5.74) is 0. The monoisotopic (exact) mass is 241 g/mol. The van der Waals surface area contributed by atoms with Gasteiger partial charge in [0.05, 0.1) is 0 Å². The highest BCUT2D eigenvalue weighted by Crippen LogP contribution is 2.06. The summed E-state index contributed by atoms with van der Waals surface area (Å²) in [6.07, 6.45) is 4.04. The summed E-state index contributed by atoms with van der Waals surface area (Å²) >= 11 is 0. The van der Waals surface area contributed by atoms with Gasteiger partial charge in [-0.05, 0) is 58.4 Å². The van der Waals surface area contributed by atoms with Crippen LogP contribution in [-0.2, 0) is 0 Å². The van der Waals surface area contributed by atoms with E-state index in [2.05, 4.69) is 36.0 Å². The second-order valence-electron chi connectivity index (χ2n) is 5.62. The van der Waals surface area contributed by atoms with Gasteiger partial charge in [0.2, 0.25) is 0 Å². The third kappa shape index (κ3) is 7.02. The maximum absolute atomic E-state index is 3.50. The molecule has 0 radical (unpaired) electrons. The van der Waals surface area contributed by atoms with E-state index >= 15 is 0 Å². The third-order valence-corrected chi connectivity index (χ3v) is 3.54. The minimum absolute atomic E-state index is 0.755. The molecule has 3 nitrogen and oxygen atoms in total. The average Bonchev–Trinajstić information content (AvgIpc) is 2.79. The van der Waals surface area contributed by atoms with Crippen LogP contribution >= 0.6 is 0 Å². The zero-order chi connectivity index (χ0) is 12.5. The molecule has 0 aromatic carbocycles. The van der Waals surface area contributed by atoms with Crippen LogP contribution in [0, 0.1) is 5.92 Å². The van der Waals surface area contributed by atoms with Crippen molar-refractivity contribution in [3.05, 3.63) is 0 Å². The molecule has 1 aliphatic heterocycles. The van der Waals surface area contributed by atoms with Gasteiger partial charge in [-0.1, -0.05) is 13.8 Å². The van der Waals surface area contributed by atoms with Gasteiger partial charge in [-0.3, -0.25) is 0 Å². The van der Waals surface area contributed by atoms with Gasteiger partial charge in [0.1, 0.15) is 0 Å². The molecule has 1 saturated heterocycles. The minimum atomic E-state index is 0.755. The molecule has 1 rings (SSSR count). The summed E-state index contributed by atoms with van der Waals surface area (Å²) in [4.78, 5) is 5.08. The molecule has 0 aliphatic carbocycles. The summed E-state index contributed by atoms with van der Waals surface area (Å²) in [5, 5.41) is 3.50. The number of nitrogens with one attached hydrogen (secondary N) is 1. The minimum Gasteiger partial charge on any atom is -0.316 e. The molecule has 1 fully saturated rings. The highest BCUT2D eigenvalue weighted by molar-refractivity contribution is 4.68. The lowest BCUT2D eigenvalue weighted by Crippen LogP contribution is -2.36. The number of rotatable bonds is 9. The lowest BCUT2D eigenvalue weighted by Gasteiger charge is -2.24. The molecule has 0 amide bonds. The van der Waals surface area contributed by atoms with Gasteiger partial charge in [0.15, 0.2) is 0 Å². The molecule has 0 aromatic heterocycles. The van der Waals surface area contributed by atoms with E-state index in [4.69, 9.17) is 0 Å². The Morgan fingerprint density at radius 1 is 1.29 bits per heavy atom. The van der Waals surface area contributed by atoms with Gasteiger partial charge in [-0.15, -0.1) is 0 Å². The van der Waals surface area contributed by atoms with Crippen LogP contribution in [0.25, 0.3) is 0 Å². The first-order valence-electron chi connectivity index (χ1n) is 7.34. The fraction of sp³-hybridized carbons (Fsp3) is 1.00. The molecule has 0 aromatic rings. The number of likely N-dealkylation sites (N-methyl/N-ethyl adjacent to an activating group) is 1. The van der Waals surface area contributed by atoms with Gasteiger partial charge in [-0.2, -0.15) is 0 Å². The molecule has 102 valence electrons. The second kappa shape index (κ2) is 8.90. The van der Waals surface area contributed by atoms with Crippen molar-refractivity contribution in [2.75, 3.05) is 52.9 Å². The Morgan fingerprint density at radius 2 is 2.00 bits per heavy atom. The predicted molar refractivity (Wildman–Crippen MR) is 75.5 cm³/mol. The van der Waals surface area contributed by atoms with Crippen molar-refractivity contribution in [3.8, 4) is 0 Å². The molecule has 0 spiro atoms. The van der Waals surface area contributed by atoms with E-state index in [1.54, 1.807) is 0 Å². The normalized spacial score (nSPS) is 19.1. The summed E-state index contributed by atoms with van der Waals surface area (Å²) in [5.74, 6) is 0.755. The Balaban J connectivity index is 2.00. The number of likely N-dealkylation sites (tertiary alicyclic amines) is 1. The van der Waals surface area contributed by atoms with Crippen molar-refractivity contribution in [2.24, 2.45) is 5.92 Å². The maximum Gasteiger partial charge on any atom is 0.0109 e. The molecule has 1 atom stereocenters. The fourth-order valence-electron chi connectivity index (χ4n) is 2.53. The standard InChI is InChI=1S/C14H31N3/c1-4-7-15-12-14(2)13-16(3)10-11-17-8-5-6-9-17/h14-15H,4-13H2,1-3H3. The van der Waals surface area contributed by atoms with E-state index in [-0.39, 0.29) is 0 Å². The zero-order valence-electron chi connectivity index (χ0n) is 12.0. The number of nitrogens with zero attached hydrogens (tertiary/aromatic N) is 2. The summed E-state index contributed by atoms with van der Waals surface area (Å²) < 4.78 is 0. The van der Waals surface area contributed by atoms with Crippen LogP contribution < -0.4 is 5.32 Å². The van der Waals surface area contributed by atoms with Crippen LogP contribution in [0.5, 0.6) is 0 Å². The lowest BCUT2D eigenvalue weighted by molar-refractivity contribution is 0.233. The smallest absolute Gasteiger partial charge is 0.0109 e. The molecule has 0 saturated carbocycles. The summed E-state index contributed by atoms with van der Waals surface area (Å²) in [7, 11) is 2.26. The van der Waals surface area contributed by atoms with Crippen LogP contribution in [0.3, 0.4) is 0 Å². The Kier molecular flexibility index (Phi) is 7.82. The van der Waals surface area contributed by atoms with E-state index in [0.717, 1.165) is 19.0 Å². The molecular weight excluding hydrogens is 210 g/mol. The predicted octanol–water partition coefficient (Wildman–Crippen LogP) is 1.65. The van der Waals surface area contributed by atoms with E-state index in [1.165, 1.54) is 52.0 Å². The Bertz CT molecular complexity index is 178. The first-order chi connectivity index (χ1) is 8.22. The van der Waals surface area contributed by atoms with Crippen LogP contribution in [-0.4, -0.2) is 62.7 Å². The van der Waals surface area contributed by atoms with E-state index in [0.29, 0.717) is 0 Å². The number of hydrogen-bond acceptors (Lipinski definition) is 3. The van der Waals surface area contributed by atoms with E-state index < -0.39 is 0 Å². The molecule has 1 aliphatic rings. The molecule has 1 heterocycles. The lowest BCUT2D eigenvalue weighted by atomic mass is 10.1. The van der Waals surface area contributed by atoms with Crippen molar-refractivity contribution in [2.45, 2.75) is 33.1 Å². The quantitative estimate of drug-likeness (QED) is 0.619. The highest BCUT2D eigenvalue weighted by Gasteiger charge is 2.12. The maximum atomic E-state index is 3.50. The van der Waals surface area contributed by atoms with Crippen LogP contribution in [0.4, 0.5) is 0 Å². The zero-order valence-corrected chi connectivity index (χ0v) is 12.0.